The summed E-state index contributed by atoms with van der Waals surface area (Å²) in [6.45, 7) is 6.17. The van der Waals surface area contributed by atoms with E-state index in [9.17, 15) is 18.0 Å². The maximum atomic E-state index is 12.4. The molecule has 0 unspecified atom stereocenters. The van der Waals surface area contributed by atoms with Crippen LogP contribution in [0.1, 0.15) is 43.0 Å². The second-order valence-corrected chi connectivity index (χ2v) is 5.53. The minimum Gasteiger partial charge on any atom is -0.457 e. The number of hydrogen-bond acceptors (Lipinski definition) is 3. The van der Waals surface area contributed by atoms with Gasteiger partial charge in [0.15, 0.2) is 0 Å². The molecule has 0 fully saturated rings. The Morgan fingerprint density at radius 2 is 1.65 bits per heavy atom. The Bertz CT molecular complexity index is 587. The van der Waals surface area contributed by atoms with Gasteiger partial charge in [-0.25, -0.2) is 18.0 Å². The van der Waals surface area contributed by atoms with Crippen LogP contribution in [0, 0.1) is 11.3 Å². The molecule has 126 valence electrons. The van der Waals surface area contributed by atoms with Crippen LogP contribution in [-0.4, -0.2) is 11.6 Å². The van der Waals surface area contributed by atoms with Crippen molar-refractivity contribution in [1.82, 2.24) is 0 Å². The van der Waals surface area contributed by atoms with E-state index in [0.717, 1.165) is 6.08 Å². The van der Waals surface area contributed by atoms with E-state index in [1.807, 2.05) is 20.8 Å². The van der Waals surface area contributed by atoms with Crippen LogP contribution in [0.15, 0.2) is 24.8 Å². The lowest BCUT2D eigenvalue weighted by atomic mass is 10.0. The number of rotatable bonds is 4. The molecule has 0 bridgehead atoms. The summed E-state index contributed by atoms with van der Waals surface area (Å²) in [4.78, 5) is 10.5. The maximum absolute atomic E-state index is 12.4. The molecule has 0 aliphatic rings. The van der Waals surface area contributed by atoms with Crippen molar-refractivity contribution in [1.29, 1.82) is 5.26 Å². The smallest absolute Gasteiger partial charge is 0.330 e. The molecular formula is C17H20F3NO2. The fourth-order valence-electron chi connectivity index (χ4n) is 1.55. The summed E-state index contributed by atoms with van der Waals surface area (Å²) in [5.74, 6) is -0.373. The molecule has 23 heavy (non-hydrogen) atoms. The fraction of sp³-hybridized carbons (Fsp3) is 0.412. The molecule has 0 saturated carbocycles. The molecule has 0 N–H and O–H groups in total. The number of carbonyl (C=O) groups is 1. The van der Waals surface area contributed by atoms with E-state index in [4.69, 9.17) is 10.00 Å². The Balaban J connectivity index is 0.000000468. The van der Waals surface area contributed by atoms with Crippen molar-refractivity contribution in [3.8, 4) is 6.07 Å². The lowest BCUT2D eigenvalue weighted by molar-refractivity contribution is -0.148. The molecule has 0 saturated heterocycles. The number of hydrogen-bond donors (Lipinski definition) is 0. The summed E-state index contributed by atoms with van der Waals surface area (Å²) >= 11 is 0. The number of carbonyl (C=O) groups excluding carboxylic acids is 1. The van der Waals surface area contributed by atoms with E-state index < -0.39 is 25.6 Å². The monoisotopic (exact) mass is 327 g/mol. The highest BCUT2D eigenvalue weighted by Crippen LogP contribution is 2.19. The van der Waals surface area contributed by atoms with E-state index >= 15 is 0 Å². The number of benzene rings is 1. The van der Waals surface area contributed by atoms with Gasteiger partial charge in [0.2, 0.25) is 0 Å². The molecular weight excluding hydrogens is 307 g/mol. The molecule has 0 heterocycles. The summed E-state index contributed by atoms with van der Waals surface area (Å²) < 4.78 is 41.9. The van der Waals surface area contributed by atoms with Crippen LogP contribution >= 0.6 is 0 Å². The molecule has 3 nitrogen and oxygen atoms in total. The fourth-order valence-corrected chi connectivity index (χ4v) is 1.55. The van der Waals surface area contributed by atoms with E-state index in [-0.39, 0.29) is 28.2 Å². The Kier molecular flexibility index (Phi) is 8.71. The third kappa shape index (κ3) is 7.50. The number of nitriles is 1. The summed E-state index contributed by atoms with van der Waals surface area (Å²) in [6.07, 6.45) is 1.16. The first-order valence-electron chi connectivity index (χ1n) is 6.80. The van der Waals surface area contributed by atoms with Crippen LogP contribution in [0.4, 0.5) is 13.2 Å². The zero-order valence-electron chi connectivity index (χ0n) is 13.5. The van der Waals surface area contributed by atoms with Crippen LogP contribution in [0.2, 0.25) is 0 Å². The zero-order valence-corrected chi connectivity index (χ0v) is 13.5. The zero-order chi connectivity index (χ0) is 18.0. The highest BCUT2D eigenvalue weighted by atomic mass is 19.1. The Morgan fingerprint density at radius 1 is 1.17 bits per heavy atom. The average molecular weight is 327 g/mol. The lowest BCUT2D eigenvalue weighted by Crippen LogP contribution is -2.22. The quantitative estimate of drug-likeness (QED) is 0.605. The standard InChI is InChI=1S/C10H8F3N.C7H12O2/c11-3-7-1-9(5-13)10(6-14)2-8(7)4-12;1-5-6(8)9-7(2,3)4/h1-2H,3-5H2;5H,1H2,2-4H3. The first kappa shape index (κ1) is 20.7. The largest absolute Gasteiger partial charge is 0.457 e. The van der Waals surface area contributed by atoms with E-state index in [2.05, 4.69) is 6.58 Å². The predicted molar refractivity (Wildman–Crippen MR) is 81.6 cm³/mol. The van der Waals surface area contributed by atoms with Crippen molar-refractivity contribution in [3.05, 3.63) is 47.0 Å². The second-order valence-electron chi connectivity index (χ2n) is 5.53. The molecule has 1 rings (SSSR count). The second kappa shape index (κ2) is 9.67. The molecule has 1 aromatic rings. The van der Waals surface area contributed by atoms with Gasteiger partial charge in [0, 0.05) is 11.6 Å². The minimum absolute atomic E-state index is 0.0670. The van der Waals surface area contributed by atoms with E-state index in [1.165, 1.54) is 12.1 Å². The molecule has 0 spiro atoms. The minimum atomic E-state index is -0.849. The molecule has 0 aliphatic carbocycles. The van der Waals surface area contributed by atoms with Crippen molar-refractivity contribution in [2.75, 3.05) is 0 Å². The third-order valence-corrected chi connectivity index (χ3v) is 2.55. The summed E-state index contributed by atoms with van der Waals surface area (Å²) in [5, 5.41) is 8.60. The first-order valence-corrected chi connectivity index (χ1v) is 6.80. The maximum Gasteiger partial charge on any atom is 0.330 e. The normalized spacial score (nSPS) is 10.1. The van der Waals surface area contributed by atoms with Gasteiger partial charge in [-0.05, 0) is 44.0 Å². The predicted octanol–water partition coefficient (Wildman–Crippen LogP) is 4.48. The van der Waals surface area contributed by atoms with Gasteiger partial charge in [0.05, 0.1) is 11.6 Å². The SMILES string of the molecule is C=CC(=O)OC(C)(C)C.N#Cc1cc(CF)c(CF)cc1CF. The van der Waals surface area contributed by atoms with Gasteiger partial charge in [-0.3, -0.25) is 0 Å². The molecule has 0 aromatic heterocycles. The van der Waals surface area contributed by atoms with Gasteiger partial charge < -0.3 is 4.74 Å². The van der Waals surface area contributed by atoms with Crippen molar-refractivity contribution >= 4 is 5.97 Å². The van der Waals surface area contributed by atoms with Gasteiger partial charge >= 0.3 is 5.97 Å². The number of esters is 1. The molecule has 0 aliphatic heterocycles. The van der Waals surface area contributed by atoms with E-state index in [1.54, 1.807) is 6.07 Å². The molecule has 0 radical (unpaired) electrons. The van der Waals surface area contributed by atoms with Crippen LogP contribution < -0.4 is 0 Å². The summed E-state index contributed by atoms with van der Waals surface area (Å²) in [6, 6.07) is 4.14. The highest BCUT2D eigenvalue weighted by Gasteiger charge is 2.13. The van der Waals surface area contributed by atoms with Crippen LogP contribution in [0.5, 0.6) is 0 Å². The van der Waals surface area contributed by atoms with Crippen molar-refractivity contribution in [3.63, 3.8) is 0 Å². The van der Waals surface area contributed by atoms with Gasteiger partial charge in [-0.1, -0.05) is 6.58 Å². The van der Waals surface area contributed by atoms with Crippen molar-refractivity contribution in [2.24, 2.45) is 0 Å². The van der Waals surface area contributed by atoms with Gasteiger partial charge in [0.1, 0.15) is 25.6 Å². The van der Waals surface area contributed by atoms with Crippen LogP contribution in [0.25, 0.3) is 0 Å². The van der Waals surface area contributed by atoms with Gasteiger partial charge in [0.25, 0.3) is 0 Å². The van der Waals surface area contributed by atoms with Gasteiger partial charge in [-0.2, -0.15) is 5.26 Å². The first-order chi connectivity index (χ1) is 10.7. The average Bonchev–Trinajstić information content (AvgIpc) is 2.52. The summed E-state index contributed by atoms with van der Waals surface area (Å²) in [5.41, 5.74) is 0.000694. The van der Waals surface area contributed by atoms with Gasteiger partial charge in [-0.15, -0.1) is 0 Å². The Hall–Kier alpha value is -2.29. The number of nitrogens with zero attached hydrogens (tertiary/aromatic N) is 1. The number of halogens is 3. The van der Waals surface area contributed by atoms with Crippen molar-refractivity contribution < 1.29 is 22.7 Å². The van der Waals surface area contributed by atoms with Crippen molar-refractivity contribution in [2.45, 2.75) is 46.4 Å². The number of ether oxygens (including phenoxy) is 1. The third-order valence-electron chi connectivity index (χ3n) is 2.55. The molecule has 1 aromatic carbocycles. The Labute approximate surface area is 134 Å². The lowest BCUT2D eigenvalue weighted by Gasteiger charge is -2.17. The van der Waals surface area contributed by atoms with Crippen LogP contribution in [-0.2, 0) is 29.6 Å². The summed E-state index contributed by atoms with van der Waals surface area (Å²) in [7, 11) is 0. The Morgan fingerprint density at radius 3 is 1.96 bits per heavy atom. The topological polar surface area (TPSA) is 50.1 Å². The highest BCUT2D eigenvalue weighted by molar-refractivity contribution is 5.81. The molecule has 6 heteroatoms. The van der Waals surface area contributed by atoms with E-state index in [0.29, 0.717) is 0 Å². The number of alkyl halides is 3. The molecule has 0 amide bonds. The molecule has 0 atom stereocenters. The van der Waals surface area contributed by atoms with Crippen LogP contribution in [0.3, 0.4) is 0 Å².